The summed E-state index contributed by atoms with van der Waals surface area (Å²) in [5, 5.41) is 10.5. The molecule has 0 unspecified atom stereocenters. The molecule has 114 valence electrons. The number of aryl methyl sites for hydroxylation is 2. The zero-order chi connectivity index (χ0) is 15.7. The van der Waals surface area contributed by atoms with Crippen molar-refractivity contribution < 1.29 is 18.7 Å². The van der Waals surface area contributed by atoms with Gasteiger partial charge in [-0.15, -0.1) is 0 Å². The van der Waals surface area contributed by atoms with Gasteiger partial charge in [0.2, 0.25) is 0 Å². The molecule has 0 saturated heterocycles. The van der Waals surface area contributed by atoms with Gasteiger partial charge in [-0.1, -0.05) is 12.1 Å². The zero-order valence-electron chi connectivity index (χ0n) is 12.8. The number of para-hydroxylation sites is 1. The van der Waals surface area contributed by atoms with Gasteiger partial charge in [0.15, 0.2) is 11.5 Å². The van der Waals surface area contributed by atoms with Crippen LogP contribution >= 0.6 is 0 Å². The Morgan fingerprint density at radius 3 is 1.95 bits per heavy atom. The molecule has 0 bridgehead atoms. The van der Waals surface area contributed by atoms with Gasteiger partial charge in [-0.25, -0.2) is 0 Å². The lowest BCUT2D eigenvalue weighted by Crippen LogP contribution is -2.02. The van der Waals surface area contributed by atoms with Crippen LogP contribution in [0.3, 0.4) is 0 Å². The number of furan rings is 2. The maximum Gasteiger partial charge on any atom is 0.162 e. The van der Waals surface area contributed by atoms with Crippen molar-refractivity contribution in [2.45, 2.75) is 19.8 Å². The summed E-state index contributed by atoms with van der Waals surface area (Å²) in [6, 6.07) is 13.0. The third kappa shape index (κ3) is 2.48. The van der Waals surface area contributed by atoms with Gasteiger partial charge in [0.1, 0.15) is 29.0 Å². The molecule has 3 rings (SSSR count). The van der Waals surface area contributed by atoms with Crippen molar-refractivity contribution in [2.24, 2.45) is 0 Å². The number of phenols is 1. The van der Waals surface area contributed by atoms with Gasteiger partial charge >= 0.3 is 0 Å². The van der Waals surface area contributed by atoms with E-state index in [1.165, 1.54) is 7.11 Å². The van der Waals surface area contributed by atoms with Crippen molar-refractivity contribution in [3.8, 4) is 11.5 Å². The quantitative estimate of drug-likeness (QED) is 0.776. The average molecular weight is 298 g/mol. The normalized spacial score (nSPS) is 11.1. The van der Waals surface area contributed by atoms with E-state index in [1.54, 1.807) is 6.07 Å². The van der Waals surface area contributed by atoms with Crippen LogP contribution in [0.15, 0.2) is 51.3 Å². The minimum atomic E-state index is -0.322. The summed E-state index contributed by atoms with van der Waals surface area (Å²) in [5.74, 6) is 3.26. The molecule has 0 radical (unpaired) electrons. The van der Waals surface area contributed by atoms with Gasteiger partial charge in [0.05, 0.1) is 7.11 Å². The van der Waals surface area contributed by atoms with E-state index in [1.807, 2.05) is 50.2 Å². The fourth-order valence-electron chi connectivity index (χ4n) is 2.60. The Balaban J connectivity index is 2.18. The first-order valence-electron chi connectivity index (χ1n) is 7.08. The van der Waals surface area contributed by atoms with Crippen LogP contribution in [0.4, 0.5) is 0 Å². The van der Waals surface area contributed by atoms with Crippen molar-refractivity contribution in [1.82, 2.24) is 0 Å². The topological polar surface area (TPSA) is 55.7 Å². The van der Waals surface area contributed by atoms with E-state index in [0.29, 0.717) is 11.3 Å². The molecule has 1 aromatic carbocycles. The van der Waals surface area contributed by atoms with Crippen molar-refractivity contribution in [3.63, 3.8) is 0 Å². The maximum atomic E-state index is 10.5. The third-order valence-electron chi connectivity index (χ3n) is 3.65. The van der Waals surface area contributed by atoms with E-state index in [9.17, 15) is 5.11 Å². The summed E-state index contributed by atoms with van der Waals surface area (Å²) in [5.41, 5.74) is 0.683. The van der Waals surface area contributed by atoms with Crippen LogP contribution in [-0.2, 0) is 0 Å². The Labute approximate surface area is 129 Å². The molecule has 0 amide bonds. The minimum Gasteiger partial charge on any atom is -0.504 e. The van der Waals surface area contributed by atoms with E-state index in [0.717, 1.165) is 23.0 Å². The highest BCUT2D eigenvalue weighted by Crippen LogP contribution is 2.41. The molecule has 22 heavy (non-hydrogen) atoms. The van der Waals surface area contributed by atoms with Gasteiger partial charge in [-0.05, 0) is 44.2 Å². The zero-order valence-corrected chi connectivity index (χ0v) is 12.8. The summed E-state index contributed by atoms with van der Waals surface area (Å²) >= 11 is 0. The van der Waals surface area contributed by atoms with E-state index in [-0.39, 0.29) is 11.7 Å². The highest BCUT2D eigenvalue weighted by atomic mass is 16.5. The largest absolute Gasteiger partial charge is 0.504 e. The smallest absolute Gasteiger partial charge is 0.162 e. The molecule has 1 N–H and O–H groups in total. The fourth-order valence-corrected chi connectivity index (χ4v) is 2.60. The molecule has 0 aliphatic rings. The second kappa shape index (κ2) is 5.64. The molecule has 0 atom stereocenters. The van der Waals surface area contributed by atoms with Crippen molar-refractivity contribution in [2.75, 3.05) is 7.11 Å². The number of phenolic OH excluding ortho intramolecular Hbond substituents is 1. The molecule has 0 fully saturated rings. The molecular formula is C18H18O4. The molecule has 2 aromatic heterocycles. The third-order valence-corrected chi connectivity index (χ3v) is 3.65. The second-order valence-corrected chi connectivity index (χ2v) is 5.23. The summed E-state index contributed by atoms with van der Waals surface area (Å²) in [6.45, 7) is 3.78. The number of rotatable bonds is 4. The predicted octanol–water partition coefficient (Wildman–Crippen LogP) is 4.38. The average Bonchev–Trinajstić information content (AvgIpc) is 3.11. The molecule has 0 aliphatic heterocycles. The summed E-state index contributed by atoms with van der Waals surface area (Å²) in [7, 11) is 1.53. The van der Waals surface area contributed by atoms with Gasteiger partial charge in [0, 0.05) is 5.56 Å². The van der Waals surface area contributed by atoms with E-state index in [2.05, 4.69) is 0 Å². The van der Waals surface area contributed by atoms with Crippen molar-refractivity contribution in [3.05, 3.63) is 71.1 Å². The molecule has 0 spiro atoms. The number of aromatic hydroxyl groups is 1. The SMILES string of the molecule is COc1cccc(C(c2ccc(C)o2)c2ccc(C)o2)c1O. The monoisotopic (exact) mass is 298 g/mol. The number of methoxy groups -OCH3 is 1. The minimum absolute atomic E-state index is 0.0955. The van der Waals surface area contributed by atoms with Crippen LogP contribution in [0.5, 0.6) is 11.5 Å². The summed E-state index contributed by atoms with van der Waals surface area (Å²) < 4.78 is 16.8. The van der Waals surface area contributed by atoms with Crippen LogP contribution in [0.2, 0.25) is 0 Å². The van der Waals surface area contributed by atoms with Crippen LogP contribution in [-0.4, -0.2) is 12.2 Å². The summed E-state index contributed by atoms with van der Waals surface area (Å²) in [4.78, 5) is 0. The number of hydrogen-bond acceptors (Lipinski definition) is 4. The lowest BCUT2D eigenvalue weighted by atomic mass is 9.93. The van der Waals surface area contributed by atoms with Gasteiger partial charge in [-0.2, -0.15) is 0 Å². The molecule has 0 saturated carbocycles. The number of ether oxygens (including phenoxy) is 1. The standard InChI is InChI=1S/C18H18O4/c1-11-7-9-14(21-11)17(15-10-8-12(2)22-15)13-5-4-6-16(20-3)18(13)19/h4-10,17,19H,1-3H3. The Bertz CT molecular complexity index is 742. The lowest BCUT2D eigenvalue weighted by Gasteiger charge is -2.16. The first-order valence-corrected chi connectivity index (χ1v) is 7.08. The van der Waals surface area contributed by atoms with E-state index < -0.39 is 0 Å². The van der Waals surface area contributed by atoms with Crippen molar-refractivity contribution in [1.29, 1.82) is 0 Å². The Morgan fingerprint density at radius 1 is 0.909 bits per heavy atom. The Kier molecular flexibility index (Phi) is 3.67. The van der Waals surface area contributed by atoms with Crippen LogP contribution in [0.25, 0.3) is 0 Å². The Hall–Kier alpha value is -2.62. The molecule has 4 nitrogen and oxygen atoms in total. The van der Waals surface area contributed by atoms with Crippen LogP contribution in [0, 0.1) is 13.8 Å². The van der Waals surface area contributed by atoms with Gasteiger partial charge < -0.3 is 18.7 Å². The molecule has 2 heterocycles. The molecule has 4 heteroatoms. The highest BCUT2D eigenvalue weighted by Gasteiger charge is 2.27. The van der Waals surface area contributed by atoms with Gasteiger partial charge in [0.25, 0.3) is 0 Å². The molecular weight excluding hydrogens is 280 g/mol. The maximum absolute atomic E-state index is 10.5. The number of benzene rings is 1. The van der Waals surface area contributed by atoms with Crippen LogP contribution < -0.4 is 4.74 Å². The van der Waals surface area contributed by atoms with E-state index >= 15 is 0 Å². The summed E-state index contributed by atoms with van der Waals surface area (Å²) in [6.07, 6.45) is 0. The predicted molar refractivity (Wildman–Crippen MR) is 82.5 cm³/mol. The van der Waals surface area contributed by atoms with Gasteiger partial charge in [-0.3, -0.25) is 0 Å². The molecule has 3 aromatic rings. The van der Waals surface area contributed by atoms with Crippen molar-refractivity contribution >= 4 is 0 Å². The first-order chi connectivity index (χ1) is 10.6. The second-order valence-electron chi connectivity index (χ2n) is 5.23. The number of hydrogen-bond donors (Lipinski definition) is 1. The Morgan fingerprint density at radius 2 is 1.50 bits per heavy atom. The first kappa shape index (κ1) is 14.3. The highest BCUT2D eigenvalue weighted by molar-refractivity contribution is 5.51. The van der Waals surface area contributed by atoms with E-state index in [4.69, 9.17) is 13.6 Å². The van der Waals surface area contributed by atoms with Crippen LogP contribution in [0.1, 0.15) is 34.5 Å². The molecule has 0 aliphatic carbocycles. The fraction of sp³-hybridized carbons (Fsp3) is 0.222. The lowest BCUT2D eigenvalue weighted by molar-refractivity contribution is 0.365.